The van der Waals surface area contributed by atoms with Crippen molar-refractivity contribution in [1.29, 1.82) is 0 Å². The van der Waals surface area contributed by atoms with Crippen LogP contribution >= 0.6 is 0 Å². The van der Waals surface area contributed by atoms with E-state index in [-0.39, 0.29) is 39.6 Å². The van der Waals surface area contributed by atoms with Crippen molar-refractivity contribution in [3.63, 3.8) is 0 Å². The number of ether oxygens (including phenoxy) is 1. The maximum absolute atomic E-state index is 16.8. The number of phenols is 1. The number of piperazine rings is 1. The first-order valence-corrected chi connectivity index (χ1v) is 15.2. The molecule has 0 radical (unpaired) electrons. The molecule has 0 amide bonds. The van der Waals surface area contributed by atoms with Gasteiger partial charge in [-0.25, -0.2) is 8.78 Å². The van der Waals surface area contributed by atoms with Gasteiger partial charge in [0, 0.05) is 48.9 Å². The average Bonchev–Trinajstić information content (AvgIpc) is 3.66. The van der Waals surface area contributed by atoms with Crippen molar-refractivity contribution in [2.24, 2.45) is 0 Å². The molecule has 4 fully saturated rings. The van der Waals surface area contributed by atoms with Crippen LogP contribution in [0.2, 0.25) is 0 Å². The van der Waals surface area contributed by atoms with Crippen LogP contribution in [0.1, 0.15) is 37.7 Å². The second kappa shape index (κ2) is 10.1. The summed E-state index contributed by atoms with van der Waals surface area (Å²) in [6.07, 6.45) is 12.3. The number of phenolic OH excluding ortho intramolecular Hbond substituents is 1. The summed E-state index contributed by atoms with van der Waals surface area (Å²) in [4.78, 5) is 18.6. The number of halogens is 2. The summed E-state index contributed by atoms with van der Waals surface area (Å²) >= 11 is 0. The molecule has 8 nitrogen and oxygen atoms in total. The van der Waals surface area contributed by atoms with E-state index in [4.69, 9.17) is 16.1 Å². The quantitative estimate of drug-likeness (QED) is 0.249. The molecule has 0 aliphatic carbocycles. The zero-order valence-electron chi connectivity index (χ0n) is 24.2. The van der Waals surface area contributed by atoms with Gasteiger partial charge in [-0.15, -0.1) is 6.42 Å². The molecule has 2 aromatic carbocycles. The fourth-order valence-corrected chi connectivity index (χ4v) is 7.88. The van der Waals surface area contributed by atoms with Gasteiger partial charge >= 0.3 is 6.01 Å². The van der Waals surface area contributed by atoms with E-state index in [1.54, 1.807) is 6.20 Å². The van der Waals surface area contributed by atoms with E-state index in [1.165, 1.54) is 29.8 Å². The largest absolute Gasteiger partial charge is 0.508 e. The first-order valence-electron chi connectivity index (χ1n) is 15.2. The van der Waals surface area contributed by atoms with Crippen molar-refractivity contribution in [1.82, 2.24) is 25.2 Å². The summed E-state index contributed by atoms with van der Waals surface area (Å²) in [7, 11) is 0. The van der Waals surface area contributed by atoms with Crippen LogP contribution in [0.15, 0.2) is 42.6 Å². The van der Waals surface area contributed by atoms with Gasteiger partial charge in [-0.05, 0) is 62.2 Å². The van der Waals surface area contributed by atoms with Gasteiger partial charge in [0.05, 0.1) is 16.5 Å². The van der Waals surface area contributed by atoms with E-state index >= 15 is 4.39 Å². The van der Waals surface area contributed by atoms with Gasteiger partial charge in [-0.2, -0.15) is 9.97 Å². The molecule has 2 N–H and O–H groups in total. The van der Waals surface area contributed by atoms with Gasteiger partial charge in [-0.1, -0.05) is 24.1 Å². The Morgan fingerprint density at radius 1 is 1.18 bits per heavy atom. The van der Waals surface area contributed by atoms with E-state index < -0.39 is 11.6 Å². The topological polar surface area (TPSA) is 86.6 Å². The molecular formula is C34H32F2N6O2. The van der Waals surface area contributed by atoms with Crippen molar-refractivity contribution in [3.05, 3.63) is 59.8 Å². The third-order valence-electron chi connectivity index (χ3n) is 9.82. The second-order valence-electron chi connectivity index (χ2n) is 12.7. The van der Waals surface area contributed by atoms with Crippen molar-refractivity contribution in [2.75, 3.05) is 37.7 Å². The van der Waals surface area contributed by atoms with E-state index in [9.17, 15) is 9.50 Å². The molecule has 224 valence electrons. The molecule has 44 heavy (non-hydrogen) atoms. The summed E-state index contributed by atoms with van der Waals surface area (Å²) in [5.74, 6) is 1.51. The number of nitrogens with one attached hydrogen (secondary N) is 1. The highest BCUT2D eigenvalue weighted by Gasteiger charge is 2.46. The van der Waals surface area contributed by atoms with Crippen LogP contribution in [0.25, 0.3) is 32.9 Å². The van der Waals surface area contributed by atoms with E-state index in [0.717, 1.165) is 58.3 Å². The first kappa shape index (κ1) is 27.2. The maximum atomic E-state index is 16.8. The Balaban J connectivity index is 1.28. The lowest BCUT2D eigenvalue weighted by molar-refractivity contribution is 0.108. The molecule has 8 rings (SSSR count). The summed E-state index contributed by atoms with van der Waals surface area (Å²) < 4.78 is 37.9. The fourth-order valence-electron chi connectivity index (χ4n) is 7.88. The summed E-state index contributed by atoms with van der Waals surface area (Å²) in [6.45, 7) is 7.91. The van der Waals surface area contributed by atoms with Crippen LogP contribution in [-0.4, -0.2) is 75.4 Å². The molecule has 1 unspecified atom stereocenters. The van der Waals surface area contributed by atoms with Gasteiger partial charge in [0.25, 0.3) is 0 Å². The van der Waals surface area contributed by atoms with Gasteiger partial charge in [0.1, 0.15) is 35.2 Å². The Morgan fingerprint density at radius 2 is 2.00 bits per heavy atom. The highest BCUT2D eigenvalue weighted by molar-refractivity contribution is 6.03. The molecule has 0 saturated carbocycles. The smallest absolute Gasteiger partial charge is 0.319 e. The number of hydrogen-bond acceptors (Lipinski definition) is 8. The number of anilines is 1. The minimum Gasteiger partial charge on any atom is -0.508 e. The number of fused-ring (bicyclic) bond motifs is 5. The Hall–Kier alpha value is -4.33. The number of hydrogen-bond donors (Lipinski definition) is 2. The third kappa shape index (κ3) is 4.29. The van der Waals surface area contributed by atoms with E-state index in [2.05, 4.69) is 37.6 Å². The van der Waals surface area contributed by atoms with Crippen LogP contribution in [0.4, 0.5) is 14.6 Å². The molecule has 4 aromatic rings. The van der Waals surface area contributed by atoms with Gasteiger partial charge in [-0.3, -0.25) is 9.88 Å². The summed E-state index contributed by atoms with van der Waals surface area (Å²) in [5.41, 5.74) is 1.15. The molecule has 3 atom stereocenters. The SMILES string of the molecule is C#Cc1c(F)ccc2cc(O)cc(-c3ncc4c(N5C[C@H]6CC[C@@H](C5)N6)nc(OCC56CCCN5CC(=C)C6)nc4c3F)c12. The summed E-state index contributed by atoms with van der Waals surface area (Å²) in [5, 5.41) is 15.4. The molecule has 0 spiro atoms. The predicted octanol–water partition coefficient (Wildman–Crippen LogP) is 4.92. The number of aromatic nitrogens is 3. The van der Waals surface area contributed by atoms with Gasteiger partial charge < -0.3 is 20.1 Å². The van der Waals surface area contributed by atoms with Gasteiger partial charge in [0.2, 0.25) is 0 Å². The number of benzene rings is 2. The van der Waals surface area contributed by atoms with Crippen LogP contribution in [0.3, 0.4) is 0 Å². The third-order valence-corrected chi connectivity index (χ3v) is 9.82. The second-order valence-corrected chi connectivity index (χ2v) is 12.7. The lowest BCUT2D eigenvalue weighted by atomic mass is 9.94. The fraction of sp³-hybridized carbons (Fsp3) is 0.382. The Labute approximate surface area is 253 Å². The van der Waals surface area contributed by atoms with Crippen LogP contribution in [0, 0.1) is 24.0 Å². The highest BCUT2D eigenvalue weighted by Crippen LogP contribution is 2.42. The van der Waals surface area contributed by atoms with Crippen molar-refractivity contribution < 1.29 is 18.6 Å². The standard InChI is InChI=1S/C34H32F2N6O2/c1-3-24-27(35)8-5-20-11-23(43)12-25(28(20)24)30-29(36)31-26(14-37-30)32(41-16-21-6-7-22(17-41)38-21)40-33(39-31)44-18-34-9-4-10-42(34)15-19(2)13-34/h1,5,8,11-12,14,21-22,38,43H,2,4,6-7,9-10,13,15-18H2/t21-,22+,34?. The number of nitrogens with zero attached hydrogens (tertiary/aromatic N) is 5. The first-order chi connectivity index (χ1) is 21.3. The normalized spacial score (nSPS) is 24.8. The highest BCUT2D eigenvalue weighted by atomic mass is 19.1. The summed E-state index contributed by atoms with van der Waals surface area (Å²) in [6, 6.07) is 6.31. The lowest BCUT2D eigenvalue weighted by Gasteiger charge is -2.34. The zero-order valence-corrected chi connectivity index (χ0v) is 24.2. The lowest BCUT2D eigenvalue weighted by Crippen LogP contribution is -2.51. The van der Waals surface area contributed by atoms with Crippen molar-refractivity contribution >= 4 is 27.5 Å². The minimum atomic E-state index is -0.719. The molecule has 2 aromatic heterocycles. The molecule has 2 bridgehead atoms. The van der Waals surface area contributed by atoms with Crippen LogP contribution in [-0.2, 0) is 0 Å². The van der Waals surface area contributed by atoms with E-state index in [0.29, 0.717) is 40.7 Å². The number of terminal acetylenes is 1. The molecular weight excluding hydrogens is 562 g/mol. The number of rotatable bonds is 5. The Bertz CT molecular complexity index is 1900. The van der Waals surface area contributed by atoms with E-state index in [1.807, 2.05) is 0 Å². The average molecular weight is 595 g/mol. The molecule has 10 heteroatoms. The number of aromatic hydroxyl groups is 1. The monoisotopic (exact) mass is 594 g/mol. The molecule has 6 heterocycles. The van der Waals surface area contributed by atoms with Crippen molar-refractivity contribution in [3.8, 4) is 35.4 Å². The predicted molar refractivity (Wildman–Crippen MR) is 165 cm³/mol. The Kier molecular flexibility index (Phi) is 6.26. The number of pyridine rings is 1. The molecule has 4 saturated heterocycles. The molecule has 4 aliphatic rings. The minimum absolute atomic E-state index is 0.0268. The van der Waals surface area contributed by atoms with Crippen LogP contribution in [0.5, 0.6) is 11.8 Å². The van der Waals surface area contributed by atoms with Crippen LogP contribution < -0.4 is 15.0 Å². The maximum Gasteiger partial charge on any atom is 0.319 e. The molecule has 4 aliphatic heterocycles. The zero-order chi connectivity index (χ0) is 30.2. The van der Waals surface area contributed by atoms with Crippen molar-refractivity contribution in [2.45, 2.75) is 49.7 Å². The Morgan fingerprint density at radius 3 is 2.80 bits per heavy atom. The van der Waals surface area contributed by atoms with Gasteiger partial charge in [0.15, 0.2) is 5.82 Å².